The van der Waals surface area contributed by atoms with E-state index in [2.05, 4.69) is 10.3 Å². The Morgan fingerprint density at radius 1 is 1.40 bits per heavy atom. The number of nitrogens with zero attached hydrogens (tertiary/aromatic N) is 2. The van der Waals surface area contributed by atoms with Crippen molar-refractivity contribution in [3.05, 3.63) is 47.9 Å². The molecule has 7 atom stereocenters. The first-order valence-electron chi connectivity index (χ1n) is 9.97. The molecular formula is C21H19N3O5S. The highest BCUT2D eigenvalue weighted by Crippen LogP contribution is 2.59. The van der Waals surface area contributed by atoms with Crippen LogP contribution in [0.3, 0.4) is 0 Å². The predicted octanol–water partition coefficient (Wildman–Crippen LogP) is 2.18. The van der Waals surface area contributed by atoms with Crippen molar-refractivity contribution in [1.29, 1.82) is 0 Å². The van der Waals surface area contributed by atoms with Crippen molar-refractivity contribution in [2.24, 2.45) is 17.8 Å². The number of carbonyl (C=O) groups is 3. The first-order chi connectivity index (χ1) is 14.5. The molecular weight excluding hydrogens is 406 g/mol. The maximum atomic E-state index is 13.7. The van der Waals surface area contributed by atoms with Crippen LogP contribution in [-0.4, -0.2) is 45.2 Å². The molecule has 3 fully saturated rings. The Morgan fingerprint density at radius 2 is 2.27 bits per heavy atom. The smallest absolute Gasteiger partial charge is 0.233 e. The molecule has 2 aromatic heterocycles. The number of Topliss-reactive ketones (excluding diaryl/α,β-unsaturated/α-hetero) is 1. The van der Waals surface area contributed by atoms with Crippen LogP contribution in [0.5, 0.6) is 0 Å². The van der Waals surface area contributed by atoms with Crippen molar-refractivity contribution in [2.75, 3.05) is 5.32 Å². The molecule has 6 heterocycles. The van der Waals surface area contributed by atoms with Gasteiger partial charge in [-0.2, -0.15) is 0 Å². The molecule has 154 valence electrons. The van der Waals surface area contributed by atoms with E-state index in [9.17, 15) is 14.4 Å². The summed E-state index contributed by atoms with van der Waals surface area (Å²) in [6.45, 7) is 1.84. The van der Waals surface area contributed by atoms with Crippen molar-refractivity contribution in [1.82, 2.24) is 9.88 Å². The molecule has 0 radical (unpaired) electrons. The van der Waals surface area contributed by atoms with E-state index < -0.39 is 41.5 Å². The molecule has 9 heteroatoms. The first kappa shape index (κ1) is 18.0. The van der Waals surface area contributed by atoms with Gasteiger partial charge in [0.2, 0.25) is 11.8 Å². The number of hydrogen-bond acceptors (Lipinski definition) is 7. The third-order valence-electron chi connectivity index (χ3n) is 6.92. The van der Waals surface area contributed by atoms with Gasteiger partial charge in [0.05, 0.1) is 36.3 Å². The zero-order chi connectivity index (χ0) is 20.6. The lowest BCUT2D eigenvalue weighted by molar-refractivity contribution is -0.147. The van der Waals surface area contributed by atoms with Gasteiger partial charge in [0.25, 0.3) is 0 Å². The number of carbonyl (C=O) groups excluding carboxylic acids is 3. The summed E-state index contributed by atoms with van der Waals surface area (Å²) in [5.74, 6) is -1.54. The van der Waals surface area contributed by atoms with Crippen LogP contribution in [0.1, 0.15) is 25.1 Å². The number of thiazole rings is 1. The van der Waals surface area contributed by atoms with Gasteiger partial charge in [0, 0.05) is 23.9 Å². The van der Waals surface area contributed by atoms with Crippen LogP contribution in [0, 0.1) is 17.8 Å². The van der Waals surface area contributed by atoms with E-state index >= 15 is 0 Å². The number of fused-ring (bicyclic) bond motifs is 2. The van der Waals surface area contributed by atoms with E-state index in [1.165, 1.54) is 11.3 Å². The molecule has 4 aliphatic rings. The maximum Gasteiger partial charge on any atom is 0.233 e. The summed E-state index contributed by atoms with van der Waals surface area (Å²) >= 11 is 1.32. The molecule has 4 aliphatic heterocycles. The largest absolute Gasteiger partial charge is 0.467 e. The zero-order valence-electron chi connectivity index (χ0n) is 16.1. The Labute approximate surface area is 175 Å². The minimum atomic E-state index is -0.979. The van der Waals surface area contributed by atoms with Crippen molar-refractivity contribution in [2.45, 2.75) is 37.1 Å². The normalized spacial score (nSPS) is 38.8. The van der Waals surface area contributed by atoms with Gasteiger partial charge in [-0.15, -0.1) is 11.3 Å². The second-order valence-electron chi connectivity index (χ2n) is 8.31. The summed E-state index contributed by atoms with van der Waals surface area (Å²) in [6, 6.07) is 2.58. The summed E-state index contributed by atoms with van der Waals surface area (Å²) in [5.41, 5.74) is -0.979. The second-order valence-corrected chi connectivity index (χ2v) is 9.20. The number of ether oxygens (including phenoxy) is 1. The Bertz CT molecular complexity index is 1060. The standard InChI is InChI=1S/C21H19N3O5S/c1-10-12(25)9-11(13-3-2-7-28-13)24-17(10)21-5-4-14(29-21)15(16(21)19(24)27)18(26)23-20-22-6-8-30-20/h2-8,10-11,14-17H,9H2,1H3,(H,22,23,26)/t10-,11+,14-,15+,16-,17-,21+/m1/s1. The summed E-state index contributed by atoms with van der Waals surface area (Å²) in [7, 11) is 0. The molecule has 30 heavy (non-hydrogen) atoms. The van der Waals surface area contributed by atoms with E-state index in [4.69, 9.17) is 9.15 Å². The van der Waals surface area contributed by atoms with E-state index in [1.807, 2.05) is 19.1 Å². The van der Waals surface area contributed by atoms with Crippen LogP contribution < -0.4 is 5.32 Å². The second kappa shape index (κ2) is 6.12. The molecule has 6 rings (SSSR count). The van der Waals surface area contributed by atoms with Crippen molar-refractivity contribution in [3.8, 4) is 0 Å². The topological polar surface area (TPSA) is 102 Å². The molecule has 0 aromatic carbocycles. The van der Waals surface area contributed by atoms with Crippen LogP contribution >= 0.6 is 11.3 Å². The average Bonchev–Trinajstić information content (AvgIpc) is 3.52. The monoisotopic (exact) mass is 425 g/mol. The molecule has 8 nitrogen and oxygen atoms in total. The van der Waals surface area contributed by atoms with E-state index in [0.717, 1.165) is 0 Å². The third kappa shape index (κ3) is 2.19. The number of hydrogen-bond donors (Lipinski definition) is 1. The lowest BCUT2D eigenvalue weighted by Gasteiger charge is -2.43. The van der Waals surface area contributed by atoms with Crippen LogP contribution in [0.4, 0.5) is 5.13 Å². The van der Waals surface area contributed by atoms with E-state index in [0.29, 0.717) is 10.9 Å². The maximum absolute atomic E-state index is 13.7. The molecule has 3 saturated heterocycles. The van der Waals surface area contributed by atoms with Crippen LogP contribution in [0.25, 0.3) is 0 Å². The Kier molecular flexibility index (Phi) is 3.67. The van der Waals surface area contributed by atoms with E-state index in [1.54, 1.807) is 34.9 Å². The fraction of sp³-hybridized carbons (Fsp3) is 0.429. The average molecular weight is 425 g/mol. The third-order valence-corrected chi connectivity index (χ3v) is 7.61. The highest BCUT2D eigenvalue weighted by Gasteiger charge is 2.74. The lowest BCUT2D eigenvalue weighted by atomic mass is 9.70. The minimum Gasteiger partial charge on any atom is -0.467 e. The number of nitrogens with one attached hydrogen (secondary N) is 1. The fourth-order valence-corrected chi connectivity index (χ4v) is 6.27. The molecule has 2 aromatic rings. The minimum absolute atomic E-state index is 0.0663. The summed E-state index contributed by atoms with van der Waals surface area (Å²) < 4.78 is 11.9. The molecule has 0 unspecified atom stereocenters. The van der Waals surface area contributed by atoms with Gasteiger partial charge in [-0.3, -0.25) is 14.4 Å². The Morgan fingerprint density at radius 3 is 3.00 bits per heavy atom. The molecule has 1 N–H and O–H groups in total. The fourth-order valence-electron chi connectivity index (χ4n) is 5.74. The summed E-state index contributed by atoms with van der Waals surface area (Å²) in [5, 5.41) is 5.08. The number of ketones is 1. The number of piperidine rings is 1. The summed E-state index contributed by atoms with van der Waals surface area (Å²) in [6.07, 6.45) is 6.61. The van der Waals surface area contributed by atoms with Gasteiger partial charge in [0.15, 0.2) is 5.13 Å². The Hall–Kier alpha value is -2.78. The molecule has 0 aliphatic carbocycles. The summed E-state index contributed by atoms with van der Waals surface area (Å²) in [4.78, 5) is 45.6. The number of anilines is 1. The van der Waals surface area contributed by atoms with Gasteiger partial charge in [-0.25, -0.2) is 4.98 Å². The zero-order valence-corrected chi connectivity index (χ0v) is 16.9. The van der Waals surface area contributed by atoms with Crippen LogP contribution in [0.15, 0.2) is 46.5 Å². The predicted molar refractivity (Wildman–Crippen MR) is 105 cm³/mol. The van der Waals surface area contributed by atoms with Gasteiger partial charge in [-0.05, 0) is 12.1 Å². The highest BCUT2D eigenvalue weighted by molar-refractivity contribution is 7.13. The number of rotatable bonds is 3. The van der Waals surface area contributed by atoms with Crippen LogP contribution in [-0.2, 0) is 19.1 Å². The number of aromatic nitrogens is 1. The van der Waals surface area contributed by atoms with E-state index in [-0.39, 0.29) is 24.0 Å². The van der Waals surface area contributed by atoms with Crippen LogP contribution in [0.2, 0.25) is 0 Å². The molecule has 2 amide bonds. The van der Waals surface area contributed by atoms with Gasteiger partial charge in [-0.1, -0.05) is 19.1 Å². The molecule has 2 bridgehead atoms. The number of amides is 2. The SMILES string of the molecule is C[C@@H]1C(=O)C[C@@H](c2ccco2)N2C(=O)[C@H]3[C@@H](C(=O)Nc4nccs4)[C@H]4C=C[C@@]3(O4)[C@@H]12. The molecule has 1 spiro atoms. The highest BCUT2D eigenvalue weighted by atomic mass is 32.1. The lowest BCUT2D eigenvalue weighted by Crippen LogP contribution is -2.55. The van der Waals surface area contributed by atoms with Crippen molar-refractivity contribution < 1.29 is 23.5 Å². The quantitative estimate of drug-likeness (QED) is 0.757. The van der Waals surface area contributed by atoms with Gasteiger partial charge >= 0.3 is 0 Å². The van der Waals surface area contributed by atoms with Crippen molar-refractivity contribution >= 4 is 34.1 Å². The number of furan rings is 1. The van der Waals surface area contributed by atoms with Crippen molar-refractivity contribution in [3.63, 3.8) is 0 Å². The Balaban J connectivity index is 1.41. The van der Waals surface area contributed by atoms with Gasteiger partial charge in [0.1, 0.15) is 17.1 Å². The molecule has 0 saturated carbocycles. The first-order valence-corrected chi connectivity index (χ1v) is 10.8. The van der Waals surface area contributed by atoms with Gasteiger partial charge < -0.3 is 19.4 Å².